The normalized spacial score (nSPS) is 10.4. The lowest BCUT2D eigenvalue weighted by atomic mass is 10.4. The summed E-state index contributed by atoms with van der Waals surface area (Å²) >= 11 is 1.70. The van der Waals surface area contributed by atoms with Crippen LogP contribution < -0.4 is 0 Å². The first kappa shape index (κ1) is 10.1. The van der Waals surface area contributed by atoms with Crippen molar-refractivity contribution in [2.24, 2.45) is 0 Å². The second-order valence-corrected chi connectivity index (χ2v) is 6.04. The minimum Gasteiger partial charge on any atom is -0.234 e. The molecule has 1 nitrogen and oxygen atoms in total. The van der Waals surface area contributed by atoms with Gasteiger partial charge in [-0.3, -0.25) is 0 Å². The predicted octanol–water partition coefficient (Wildman–Crippen LogP) is 4.25. The molecule has 0 saturated carbocycles. The van der Waals surface area contributed by atoms with Gasteiger partial charge in [0.25, 0.3) is 0 Å². The Morgan fingerprint density at radius 3 is 2.57 bits per heavy atom. The van der Waals surface area contributed by atoms with Crippen LogP contribution in [0.3, 0.4) is 0 Å². The maximum atomic E-state index is 4.39. The predicted molar refractivity (Wildman–Crippen MR) is 65.0 cm³/mol. The quantitative estimate of drug-likeness (QED) is 0.743. The lowest BCUT2D eigenvalue weighted by molar-refractivity contribution is 1.16. The number of aryl methyl sites for hydroxylation is 1. The van der Waals surface area contributed by atoms with E-state index < -0.39 is 0 Å². The molecule has 0 bridgehead atoms. The highest BCUT2D eigenvalue weighted by Crippen LogP contribution is 2.38. The minimum atomic E-state index is 1.10. The molecule has 1 aromatic heterocycles. The number of hydrogen-bond donors (Lipinski definition) is 0. The van der Waals surface area contributed by atoms with Crippen molar-refractivity contribution in [1.82, 2.24) is 4.98 Å². The van der Waals surface area contributed by atoms with E-state index in [1.165, 1.54) is 4.90 Å². The largest absolute Gasteiger partial charge is 0.234 e. The van der Waals surface area contributed by atoms with Crippen molar-refractivity contribution in [3.05, 3.63) is 41.4 Å². The first-order valence-electron chi connectivity index (χ1n) is 4.16. The molecule has 14 heavy (non-hydrogen) atoms. The van der Waals surface area contributed by atoms with Crippen LogP contribution in [0.25, 0.3) is 0 Å². The van der Waals surface area contributed by atoms with Crippen molar-refractivity contribution in [1.29, 1.82) is 0 Å². The van der Waals surface area contributed by atoms with E-state index in [0.29, 0.717) is 0 Å². The van der Waals surface area contributed by atoms with Gasteiger partial charge >= 0.3 is 0 Å². The Morgan fingerprint density at radius 1 is 1.14 bits per heavy atom. The van der Waals surface area contributed by atoms with Crippen LogP contribution in [0.15, 0.2) is 44.9 Å². The molecule has 0 aliphatic heterocycles. The molecule has 0 spiro atoms. The van der Waals surface area contributed by atoms with Crippen LogP contribution in [-0.2, 0) is 0 Å². The summed E-state index contributed by atoms with van der Waals surface area (Å²) in [5.41, 5.74) is 1.10. The van der Waals surface area contributed by atoms with Gasteiger partial charge in [0.15, 0.2) is 4.34 Å². The first-order valence-corrected chi connectivity index (χ1v) is 7.19. The molecule has 0 fully saturated rings. The zero-order valence-electron chi connectivity index (χ0n) is 7.64. The summed E-state index contributed by atoms with van der Waals surface area (Å²) < 4.78 is 1.12. The van der Waals surface area contributed by atoms with Crippen LogP contribution >= 0.6 is 32.9 Å². The van der Waals surface area contributed by atoms with Crippen LogP contribution in [0.1, 0.15) is 5.69 Å². The van der Waals surface area contributed by atoms with Crippen LogP contribution in [0.5, 0.6) is 0 Å². The van der Waals surface area contributed by atoms with E-state index in [-0.39, 0.29) is 0 Å². The van der Waals surface area contributed by atoms with Gasteiger partial charge in [-0.15, -0.1) is 11.3 Å². The fourth-order valence-corrected chi connectivity index (χ4v) is 3.98. The summed E-state index contributed by atoms with van der Waals surface area (Å²) in [5, 5.41) is 2.08. The zero-order valence-corrected chi connectivity index (χ0v) is 10.1. The second-order valence-electron chi connectivity index (χ2n) is 2.73. The molecular weight excluding hydrogens is 230 g/mol. The van der Waals surface area contributed by atoms with Crippen LogP contribution in [-0.4, -0.2) is 4.98 Å². The van der Waals surface area contributed by atoms with Crippen LogP contribution in [0, 0.1) is 6.92 Å². The molecule has 0 radical (unpaired) electrons. The van der Waals surface area contributed by atoms with Crippen molar-refractivity contribution in [2.45, 2.75) is 16.2 Å². The lowest BCUT2D eigenvalue weighted by Gasteiger charge is -1.96. The number of benzene rings is 1. The lowest BCUT2D eigenvalue weighted by Crippen LogP contribution is -1.68. The number of thiazole rings is 1. The summed E-state index contributed by atoms with van der Waals surface area (Å²) in [7, 11) is 3.47. The smallest absolute Gasteiger partial charge is 0.161 e. The number of hydrogen-bond acceptors (Lipinski definition) is 4. The summed E-state index contributed by atoms with van der Waals surface area (Å²) in [4.78, 5) is 5.66. The highest BCUT2D eigenvalue weighted by Gasteiger charge is 2.00. The molecule has 0 amide bonds. The highest BCUT2D eigenvalue weighted by molar-refractivity contribution is 8.77. The van der Waals surface area contributed by atoms with E-state index in [0.717, 1.165) is 10.0 Å². The number of nitrogens with zero attached hydrogens (tertiary/aromatic N) is 1. The molecule has 0 aliphatic carbocycles. The monoisotopic (exact) mass is 239 g/mol. The van der Waals surface area contributed by atoms with Gasteiger partial charge in [-0.1, -0.05) is 29.0 Å². The van der Waals surface area contributed by atoms with E-state index in [9.17, 15) is 0 Å². The highest BCUT2D eigenvalue weighted by atomic mass is 33.1. The molecule has 0 aliphatic rings. The van der Waals surface area contributed by atoms with E-state index in [4.69, 9.17) is 0 Å². The Kier molecular flexibility index (Phi) is 3.50. The standard InChI is InChI=1S/C10H9NS3/c1-8-7-12-10(11-8)14-13-9-5-3-2-4-6-9/h2-7H,1H3. The van der Waals surface area contributed by atoms with E-state index in [2.05, 4.69) is 34.6 Å². The van der Waals surface area contributed by atoms with Crippen molar-refractivity contribution in [3.8, 4) is 0 Å². The zero-order chi connectivity index (χ0) is 9.80. The maximum Gasteiger partial charge on any atom is 0.161 e. The van der Waals surface area contributed by atoms with E-state index >= 15 is 0 Å². The Bertz CT molecular complexity index is 397. The molecular formula is C10H9NS3. The summed E-state index contributed by atoms with van der Waals surface area (Å²) in [6.45, 7) is 2.02. The molecule has 0 N–H and O–H groups in total. The van der Waals surface area contributed by atoms with Gasteiger partial charge in [0.1, 0.15) is 0 Å². The third-order valence-corrected chi connectivity index (χ3v) is 5.24. The second kappa shape index (κ2) is 4.87. The van der Waals surface area contributed by atoms with Crippen molar-refractivity contribution in [2.75, 3.05) is 0 Å². The minimum absolute atomic E-state index is 1.10. The van der Waals surface area contributed by atoms with Gasteiger partial charge in [0.2, 0.25) is 0 Å². The summed E-state index contributed by atoms with van der Waals surface area (Å²) in [6, 6.07) is 10.4. The number of aromatic nitrogens is 1. The first-order chi connectivity index (χ1) is 6.84. The van der Waals surface area contributed by atoms with Crippen molar-refractivity contribution < 1.29 is 0 Å². The molecule has 1 heterocycles. The van der Waals surface area contributed by atoms with Gasteiger partial charge in [-0.25, -0.2) is 4.98 Å². The molecule has 0 saturated heterocycles. The molecule has 2 aromatic rings. The summed E-state index contributed by atoms with van der Waals surface area (Å²) in [6.07, 6.45) is 0. The maximum absolute atomic E-state index is 4.39. The van der Waals surface area contributed by atoms with Crippen LogP contribution in [0.2, 0.25) is 0 Å². The Balaban J connectivity index is 1.95. The van der Waals surface area contributed by atoms with Gasteiger partial charge in [0, 0.05) is 16.0 Å². The average Bonchev–Trinajstić information content (AvgIpc) is 2.63. The SMILES string of the molecule is Cc1csc(SSc2ccccc2)n1. The molecule has 72 valence electrons. The van der Waals surface area contributed by atoms with Gasteiger partial charge in [-0.2, -0.15) is 0 Å². The van der Waals surface area contributed by atoms with E-state index in [1.807, 2.05) is 13.0 Å². The third kappa shape index (κ3) is 2.77. The summed E-state index contributed by atoms with van der Waals surface area (Å²) in [5.74, 6) is 0. The topological polar surface area (TPSA) is 12.9 Å². The van der Waals surface area contributed by atoms with Gasteiger partial charge in [0.05, 0.1) is 0 Å². The molecule has 0 unspecified atom stereocenters. The fourth-order valence-electron chi connectivity index (χ4n) is 0.930. The van der Waals surface area contributed by atoms with Gasteiger partial charge in [-0.05, 0) is 29.9 Å². The Hall–Kier alpha value is -0.450. The molecule has 1 aromatic carbocycles. The molecule has 2 rings (SSSR count). The average molecular weight is 239 g/mol. The van der Waals surface area contributed by atoms with Crippen molar-refractivity contribution >= 4 is 32.9 Å². The Morgan fingerprint density at radius 2 is 1.93 bits per heavy atom. The third-order valence-electron chi connectivity index (χ3n) is 1.55. The van der Waals surface area contributed by atoms with E-state index in [1.54, 1.807) is 32.9 Å². The molecule has 0 atom stereocenters. The van der Waals surface area contributed by atoms with Crippen molar-refractivity contribution in [3.63, 3.8) is 0 Å². The Labute approximate surface area is 95.4 Å². The number of rotatable bonds is 3. The van der Waals surface area contributed by atoms with Gasteiger partial charge < -0.3 is 0 Å². The molecule has 4 heteroatoms. The van der Waals surface area contributed by atoms with Crippen LogP contribution in [0.4, 0.5) is 0 Å². The fraction of sp³-hybridized carbons (Fsp3) is 0.100.